The van der Waals surface area contributed by atoms with E-state index in [1.807, 2.05) is 21.1 Å². The van der Waals surface area contributed by atoms with E-state index in [1.165, 1.54) is 148 Å². The molecule has 0 aliphatic carbocycles. The molecule has 0 radical (unpaired) electrons. The van der Waals surface area contributed by atoms with E-state index in [4.69, 9.17) is 18.5 Å². The van der Waals surface area contributed by atoms with Gasteiger partial charge >= 0.3 is 11.9 Å². The van der Waals surface area contributed by atoms with Crippen LogP contribution in [0.4, 0.5) is 0 Å². The smallest absolute Gasteiger partial charge is 0.306 e. The maximum Gasteiger partial charge on any atom is 0.306 e. The quantitative estimate of drug-likeness (QED) is 0.0195. The van der Waals surface area contributed by atoms with Gasteiger partial charge in [-0.1, -0.05) is 179 Å². The summed E-state index contributed by atoms with van der Waals surface area (Å²) in [4.78, 5) is 37.6. The summed E-state index contributed by atoms with van der Waals surface area (Å²) in [7, 11) is 1.17. The van der Waals surface area contributed by atoms with Gasteiger partial charge in [-0.05, 0) is 64.2 Å². The van der Waals surface area contributed by atoms with E-state index in [-0.39, 0.29) is 26.1 Å². The first kappa shape index (κ1) is 58.5. The maximum atomic E-state index is 12.7. The van der Waals surface area contributed by atoms with Crippen molar-refractivity contribution in [1.82, 2.24) is 0 Å². The Morgan fingerprint density at radius 3 is 1.25 bits per heavy atom. The molecule has 0 aromatic rings. The number of nitrogens with zero attached hydrogens (tertiary/aromatic N) is 1. The van der Waals surface area contributed by atoms with Crippen molar-refractivity contribution in [3.8, 4) is 0 Å². The number of esters is 2. The highest BCUT2D eigenvalue weighted by Crippen LogP contribution is 2.38. The number of allylic oxidation sites excluding steroid dienone is 4. The molecule has 0 heterocycles. The average Bonchev–Trinajstić information content (AvgIpc) is 3.20. The molecule has 1 unspecified atom stereocenters. The van der Waals surface area contributed by atoms with E-state index in [9.17, 15) is 19.0 Å². The number of ether oxygens (including phenoxy) is 2. The summed E-state index contributed by atoms with van der Waals surface area (Å²) in [5.74, 6) is -0.845. The van der Waals surface area contributed by atoms with Gasteiger partial charge in [0.15, 0.2) is 6.10 Å². The van der Waals surface area contributed by atoms with Gasteiger partial charge < -0.3 is 27.9 Å². The standard InChI is InChI=1S/C50H96NO8P/c1-6-8-10-12-14-16-18-20-22-23-24-25-26-27-29-31-33-35-37-39-41-43-50(53)59-48(47-58-60(54,55)57-45-44-51(3,4)5)46-56-49(52)42-40-38-36-34-32-30-28-21-19-17-15-13-11-9-7-2/h20,22,30,32,48H,6-19,21,23-29,31,33-47H2,1-5H3/b22-20+,32-30+/t48-/m1/s1. The molecule has 0 spiro atoms. The maximum absolute atomic E-state index is 12.7. The molecular weight excluding hydrogens is 774 g/mol. The van der Waals surface area contributed by atoms with E-state index in [1.54, 1.807) is 0 Å². The van der Waals surface area contributed by atoms with Crippen molar-refractivity contribution in [2.45, 2.75) is 238 Å². The summed E-state index contributed by atoms with van der Waals surface area (Å²) in [6.45, 7) is 4.23. The summed E-state index contributed by atoms with van der Waals surface area (Å²) in [5, 5.41) is 0. The summed E-state index contributed by atoms with van der Waals surface area (Å²) < 4.78 is 34.0. The first-order valence-corrected chi connectivity index (χ1v) is 26.5. The van der Waals surface area contributed by atoms with Crippen LogP contribution in [0.5, 0.6) is 0 Å². The van der Waals surface area contributed by atoms with E-state index < -0.39 is 32.5 Å². The molecule has 0 amide bonds. The van der Waals surface area contributed by atoms with Gasteiger partial charge in [-0.3, -0.25) is 14.2 Å². The Bertz CT molecular complexity index is 1070. The Labute approximate surface area is 370 Å². The fourth-order valence-corrected chi connectivity index (χ4v) is 7.73. The Morgan fingerprint density at radius 2 is 0.850 bits per heavy atom. The number of likely N-dealkylation sites (N-methyl/N-ethyl adjacent to an activating group) is 1. The number of carbonyl (C=O) groups is 2. The van der Waals surface area contributed by atoms with E-state index in [0.29, 0.717) is 23.9 Å². The van der Waals surface area contributed by atoms with Crippen LogP contribution in [0.3, 0.4) is 0 Å². The molecular formula is C50H96NO8P. The molecule has 0 aliphatic rings. The molecule has 10 heteroatoms. The van der Waals surface area contributed by atoms with Gasteiger partial charge in [-0.2, -0.15) is 0 Å². The highest BCUT2D eigenvalue weighted by Gasteiger charge is 2.21. The molecule has 0 aromatic carbocycles. The Hall–Kier alpha value is -1.51. The van der Waals surface area contributed by atoms with Crippen LogP contribution in [-0.2, 0) is 32.7 Å². The van der Waals surface area contributed by atoms with Gasteiger partial charge in [0.1, 0.15) is 19.8 Å². The minimum Gasteiger partial charge on any atom is -0.756 e. The predicted octanol–water partition coefficient (Wildman–Crippen LogP) is 14.1. The summed E-state index contributed by atoms with van der Waals surface area (Å²) in [6.07, 6.45) is 47.8. The average molecular weight is 870 g/mol. The van der Waals surface area contributed by atoms with Crippen molar-refractivity contribution in [3.05, 3.63) is 24.3 Å². The summed E-state index contributed by atoms with van der Waals surface area (Å²) in [6, 6.07) is 0. The first-order chi connectivity index (χ1) is 29.0. The topological polar surface area (TPSA) is 111 Å². The highest BCUT2D eigenvalue weighted by molar-refractivity contribution is 7.45. The highest BCUT2D eigenvalue weighted by atomic mass is 31.2. The van der Waals surface area contributed by atoms with Crippen LogP contribution in [0.1, 0.15) is 232 Å². The van der Waals surface area contributed by atoms with Crippen molar-refractivity contribution < 1.29 is 42.1 Å². The molecule has 2 atom stereocenters. The lowest BCUT2D eigenvalue weighted by molar-refractivity contribution is -0.870. The number of quaternary nitrogens is 1. The Balaban J connectivity index is 4.25. The Morgan fingerprint density at radius 1 is 0.500 bits per heavy atom. The normalized spacial score (nSPS) is 13.6. The van der Waals surface area contributed by atoms with Crippen LogP contribution in [-0.4, -0.2) is 70.0 Å². The first-order valence-electron chi connectivity index (χ1n) is 25.0. The third kappa shape index (κ3) is 46.0. The van der Waals surface area contributed by atoms with Crippen molar-refractivity contribution >= 4 is 19.8 Å². The third-order valence-electron chi connectivity index (χ3n) is 10.9. The van der Waals surface area contributed by atoms with Gasteiger partial charge in [0.25, 0.3) is 7.82 Å². The van der Waals surface area contributed by atoms with E-state index >= 15 is 0 Å². The van der Waals surface area contributed by atoms with Crippen LogP contribution in [0, 0.1) is 0 Å². The zero-order chi connectivity index (χ0) is 44.3. The fourth-order valence-electron chi connectivity index (χ4n) is 7.00. The zero-order valence-corrected chi connectivity index (χ0v) is 40.8. The van der Waals surface area contributed by atoms with Gasteiger partial charge in [0.05, 0.1) is 27.7 Å². The molecule has 60 heavy (non-hydrogen) atoms. The number of rotatable bonds is 46. The third-order valence-corrected chi connectivity index (χ3v) is 11.9. The molecule has 0 rings (SSSR count). The van der Waals surface area contributed by atoms with Crippen LogP contribution in [0.2, 0.25) is 0 Å². The van der Waals surface area contributed by atoms with Crippen LogP contribution >= 0.6 is 7.82 Å². The molecule has 0 aliphatic heterocycles. The monoisotopic (exact) mass is 870 g/mol. The molecule has 0 saturated carbocycles. The van der Waals surface area contributed by atoms with Gasteiger partial charge in [0.2, 0.25) is 0 Å². The minimum absolute atomic E-state index is 0.0315. The van der Waals surface area contributed by atoms with Crippen molar-refractivity contribution in [2.75, 3.05) is 47.5 Å². The van der Waals surface area contributed by atoms with Gasteiger partial charge in [0, 0.05) is 12.8 Å². The lowest BCUT2D eigenvalue weighted by atomic mass is 10.0. The van der Waals surface area contributed by atoms with Crippen LogP contribution < -0.4 is 4.89 Å². The van der Waals surface area contributed by atoms with Crippen molar-refractivity contribution in [3.63, 3.8) is 0 Å². The summed E-state index contributed by atoms with van der Waals surface area (Å²) in [5.41, 5.74) is 0. The number of unbranched alkanes of at least 4 members (excludes halogenated alkanes) is 28. The number of phosphoric ester groups is 1. The predicted molar refractivity (Wildman–Crippen MR) is 250 cm³/mol. The lowest BCUT2D eigenvalue weighted by Gasteiger charge is -2.28. The molecule has 9 nitrogen and oxygen atoms in total. The fraction of sp³-hybridized carbons (Fsp3) is 0.880. The second-order valence-corrected chi connectivity index (χ2v) is 19.6. The minimum atomic E-state index is -4.63. The van der Waals surface area contributed by atoms with Crippen LogP contribution in [0.15, 0.2) is 24.3 Å². The van der Waals surface area contributed by atoms with Crippen molar-refractivity contribution in [2.24, 2.45) is 0 Å². The number of phosphoric acid groups is 1. The molecule has 0 aromatic heterocycles. The molecule has 0 saturated heterocycles. The molecule has 354 valence electrons. The van der Waals surface area contributed by atoms with Crippen molar-refractivity contribution in [1.29, 1.82) is 0 Å². The number of carbonyl (C=O) groups excluding carboxylic acids is 2. The largest absolute Gasteiger partial charge is 0.756 e. The number of hydrogen-bond donors (Lipinski definition) is 0. The molecule has 0 fully saturated rings. The second-order valence-electron chi connectivity index (χ2n) is 18.2. The Kier molecular flexibility index (Phi) is 41.7. The van der Waals surface area contributed by atoms with Gasteiger partial charge in [-0.15, -0.1) is 0 Å². The van der Waals surface area contributed by atoms with E-state index in [0.717, 1.165) is 44.9 Å². The SMILES string of the molecule is CCCCCCCC/C=C/CCCCCCCCCCCCCC(=O)O[C@H](COC(=O)CCCCC/C=C/CCCCCCCCCC)COP(=O)([O-])OCC[N+](C)(C)C. The lowest BCUT2D eigenvalue weighted by Crippen LogP contribution is -2.37. The second kappa shape index (κ2) is 42.8. The molecule has 0 bridgehead atoms. The van der Waals surface area contributed by atoms with Crippen LogP contribution in [0.25, 0.3) is 0 Å². The number of hydrogen-bond acceptors (Lipinski definition) is 8. The van der Waals surface area contributed by atoms with E-state index in [2.05, 4.69) is 38.2 Å². The van der Waals surface area contributed by atoms with Gasteiger partial charge in [-0.25, -0.2) is 0 Å². The summed E-state index contributed by atoms with van der Waals surface area (Å²) >= 11 is 0. The molecule has 0 N–H and O–H groups in total. The zero-order valence-electron chi connectivity index (χ0n) is 39.9.